The molecule has 0 bridgehead atoms. The molecule has 2 atom stereocenters. The molecular formula is C21H25N3O2S. The van der Waals surface area contributed by atoms with Gasteiger partial charge in [-0.25, -0.2) is 4.98 Å². The van der Waals surface area contributed by atoms with Crippen LogP contribution in [-0.4, -0.2) is 22.8 Å². The maximum absolute atomic E-state index is 12.2. The van der Waals surface area contributed by atoms with Gasteiger partial charge < -0.3 is 5.32 Å². The van der Waals surface area contributed by atoms with Crippen molar-refractivity contribution in [2.45, 2.75) is 45.6 Å². The summed E-state index contributed by atoms with van der Waals surface area (Å²) in [5, 5.41) is 5.54. The van der Waals surface area contributed by atoms with Gasteiger partial charge in [-0.05, 0) is 37.0 Å². The van der Waals surface area contributed by atoms with Crippen LogP contribution in [0.25, 0.3) is 6.08 Å². The summed E-state index contributed by atoms with van der Waals surface area (Å²) in [5.74, 6) is 0.335. The fourth-order valence-corrected chi connectivity index (χ4v) is 4.24. The summed E-state index contributed by atoms with van der Waals surface area (Å²) in [6.45, 7) is 3.71. The Bertz CT molecular complexity index is 816. The lowest BCUT2D eigenvalue weighted by Gasteiger charge is -2.29. The summed E-state index contributed by atoms with van der Waals surface area (Å²) in [5.41, 5.74) is 1.45. The summed E-state index contributed by atoms with van der Waals surface area (Å²) >= 11 is 1.38. The number of thiazole rings is 1. The number of benzene rings is 1. The first kappa shape index (κ1) is 19.3. The molecule has 1 aliphatic rings. The number of nitrogens with zero attached hydrogens (tertiary/aromatic N) is 2. The number of para-hydroxylation sites is 1. The minimum atomic E-state index is -0.102. The normalized spacial score (nSPS) is 19.8. The maximum Gasteiger partial charge on any atom is 0.244 e. The van der Waals surface area contributed by atoms with Gasteiger partial charge in [0.1, 0.15) is 0 Å². The van der Waals surface area contributed by atoms with Crippen LogP contribution in [0.2, 0.25) is 0 Å². The molecule has 0 saturated heterocycles. The molecule has 0 radical (unpaired) electrons. The van der Waals surface area contributed by atoms with E-state index in [9.17, 15) is 9.59 Å². The Balaban J connectivity index is 1.67. The first-order chi connectivity index (χ1) is 13.0. The van der Waals surface area contributed by atoms with Crippen LogP contribution in [0.15, 0.2) is 41.8 Å². The Labute approximate surface area is 164 Å². The first-order valence-electron chi connectivity index (χ1n) is 9.34. The molecule has 2 aromatic rings. The highest BCUT2D eigenvalue weighted by molar-refractivity contribution is 7.14. The summed E-state index contributed by atoms with van der Waals surface area (Å²) in [4.78, 5) is 30.4. The Morgan fingerprint density at radius 2 is 1.96 bits per heavy atom. The van der Waals surface area contributed by atoms with E-state index in [0.717, 1.165) is 12.1 Å². The van der Waals surface area contributed by atoms with Gasteiger partial charge >= 0.3 is 0 Å². The zero-order valence-corrected chi connectivity index (χ0v) is 16.5. The van der Waals surface area contributed by atoms with Crippen LogP contribution in [0.4, 0.5) is 10.8 Å². The summed E-state index contributed by atoms with van der Waals surface area (Å²) in [7, 11) is 0. The molecule has 0 aliphatic heterocycles. The number of nitrogens with one attached hydrogen (secondary N) is 1. The van der Waals surface area contributed by atoms with Gasteiger partial charge in [0.05, 0.1) is 11.4 Å². The summed E-state index contributed by atoms with van der Waals surface area (Å²) in [6.07, 6.45) is 7.87. The minimum absolute atomic E-state index is 0.0882. The fourth-order valence-electron chi connectivity index (χ4n) is 3.38. The van der Waals surface area contributed by atoms with E-state index in [1.165, 1.54) is 43.6 Å². The van der Waals surface area contributed by atoms with E-state index in [1.807, 2.05) is 35.7 Å². The van der Waals surface area contributed by atoms with Crippen molar-refractivity contribution in [3.8, 4) is 0 Å². The van der Waals surface area contributed by atoms with E-state index >= 15 is 0 Å². The van der Waals surface area contributed by atoms with Gasteiger partial charge in [-0.2, -0.15) is 0 Å². The number of hydrogen-bond donors (Lipinski definition) is 1. The molecule has 5 nitrogen and oxygen atoms in total. The summed E-state index contributed by atoms with van der Waals surface area (Å²) in [6, 6.07) is 9.68. The smallest absolute Gasteiger partial charge is 0.244 e. The SMILES string of the molecule is CC(=O)N(c1ccccc1)c1nc(/C=C/C(=O)N[C@H]2CCCC[C@@H]2C)cs1. The van der Waals surface area contributed by atoms with Gasteiger partial charge in [0, 0.05) is 24.4 Å². The van der Waals surface area contributed by atoms with Crippen LogP contribution in [-0.2, 0) is 9.59 Å². The molecule has 1 aromatic heterocycles. The van der Waals surface area contributed by atoms with Crippen LogP contribution in [0.5, 0.6) is 0 Å². The van der Waals surface area contributed by atoms with E-state index in [0.29, 0.717) is 16.7 Å². The summed E-state index contributed by atoms with van der Waals surface area (Å²) < 4.78 is 0. The van der Waals surface area contributed by atoms with Gasteiger partial charge in [0.15, 0.2) is 5.13 Å². The molecule has 6 heteroatoms. The predicted octanol–water partition coefficient (Wildman–Crippen LogP) is 4.54. The predicted molar refractivity (Wildman–Crippen MR) is 110 cm³/mol. The van der Waals surface area contributed by atoms with Crippen LogP contribution in [0.1, 0.15) is 45.2 Å². The molecule has 1 fully saturated rings. The van der Waals surface area contributed by atoms with E-state index in [-0.39, 0.29) is 17.9 Å². The van der Waals surface area contributed by atoms with Gasteiger partial charge in [0.2, 0.25) is 11.8 Å². The largest absolute Gasteiger partial charge is 0.350 e. The topological polar surface area (TPSA) is 62.3 Å². The zero-order chi connectivity index (χ0) is 19.2. The maximum atomic E-state index is 12.2. The Morgan fingerprint density at radius 3 is 2.67 bits per heavy atom. The zero-order valence-electron chi connectivity index (χ0n) is 15.7. The van der Waals surface area contributed by atoms with Crippen LogP contribution in [0.3, 0.4) is 0 Å². The van der Waals surface area contributed by atoms with Crippen molar-refractivity contribution in [2.75, 3.05) is 4.90 Å². The van der Waals surface area contributed by atoms with Gasteiger partial charge in [-0.15, -0.1) is 11.3 Å². The lowest BCUT2D eigenvalue weighted by atomic mass is 9.86. The van der Waals surface area contributed by atoms with Crippen LogP contribution < -0.4 is 10.2 Å². The lowest BCUT2D eigenvalue weighted by molar-refractivity contribution is -0.118. The van der Waals surface area contributed by atoms with Gasteiger partial charge in [-0.3, -0.25) is 14.5 Å². The molecule has 27 heavy (non-hydrogen) atoms. The molecule has 142 valence electrons. The number of anilines is 2. The molecular weight excluding hydrogens is 358 g/mol. The molecule has 0 unspecified atom stereocenters. The molecule has 1 aromatic carbocycles. The molecule has 1 N–H and O–H groups in total. The van der Waals surface area contributed by atoms with Crippen molar-refractivity contribution in [1.82, 2.24) is 10.3 Å². The third-order valence-corrected chi connectivity index (χ3v) is 5.72. The quantitative estimate of drug-likeness (QED) is 0.771. The second kappa shape index (κ2) is 8.95. The molecule has 2 amide bonds. The number of carbonyl (C=O) groups is 2. The second-order valence-corrected chi connectivity index (χ2v) is 7.79. The van der Waals surface area contributed by atoms with Crippen molar-refractivity contribution in [2.24, 2.45) is 5.92 Å². The number of rotatable bonds is 5. The number of carbonyl (C=O) groups excluding carboxylic acids is 2. The number of amides is 2. The van der Waals surface area contributed by atoms with Crippen molar-refractivity contribution in [3.05, 3.63) is 47.5 Å². The van der Waals surface area contributed by atoms with Crippen molar-refractivity contribution in [3.63, 3.8) is 0 Å². The minimum Gasteiger partial charge on any atom is -0.350 e. The van der Waals surface area contributed by atoms with Crippen LogP contribution >= 0.6 is 11.3 Å². The van der Waals surface area contributed by atoms with Gasteiger partial charge in [-0.1, -0.05) is 38.0 Å². The lowest BCUT2D eigenvalue weighted by Crippen LogP contribution is -2.40. The van der Waals surface area contributed by atoms with Crippen molar-refractivity contribution >= 4 is 40.0 Å². The average Bonchev–Trinajstić information content (AvgIpc) is 3.11. The Kier molecular flexibility index (Phi) is 6.40. The Hall–Kier alpha value is -2.47. The molecule has 1 aliphatic carbocycles. The highest BCUT2D eigenvalue weighted by Crippen LogP contribution is 2.29. The highest BCUT2D eigenvalue weighted by atomic mass is 32.1. The molecule has 1 saturated carbocycles. The Morgan fingerprint density at radius 1 is 1.22 bits per heavy atom. The molecule has 3 rings (SSSR count). The third kappa shape index (κ3) is 5.04. The van der Waals surface area contributed by atoms with E-state index < -0.39 is 0 Å². The van der Waals surface area contributed by atoms with Gasteiger partial charge in [0.25, 0.3) is 0 Å². The van der Waals surface area contributed by atoms with Crippen molar-refractivity contribution in [1.29, 1.82) is 0 Å². The van der Waals surface area contributed by atoms with Crippen molar-refractivity contribution < 1.29 is 9.59 Å². The standard InChI is InChI=1S/C21H25N3O2S/c1-15-8-6-7-11-19(15)23-20(26)13-12-17-14-27-21(22-17)24(16(2)25)18-9-4-3-5-10-18/h3-5,9-10,12-15,19H,6-8,11H2,1-2H3,(H,23,26)/b13-12+/t15-,19-/m0/s1. The molecule has 0 spiro atoms. The second-order valence-electron chi connectivity index (χ2n) is 6.96. The van der Waals surface area contributed by atoms with Crippen LogP contribution in [0, 0.1) is 5.92 Å². The average molecular weight is 384 g/mol. The first-order valence-corrected chi connectivity index (χ1v) is 10.2. The number of hydrogen-bond acceptors (Lipinski definition) is 4. The highest BCUT2D eigenvalue weighted by Gasteiger charge is 2.22. The monoisotopic (exact) mass is 383 g/mol. The molecule has 1 heterocycles. The number of aromatic nitrogens is 1. The van der Waals surface area contributed by atoms with E-state index in [4.69, 9.17) is 0 Å². The third-order valence-electron chi connectivity index (χ3n) is 4.88. The fraction of sp³-hybridized carbons (Fsp3) is 0.381. The van der Waals surface area contributed by atoms with E-state index in [2.05, 4.69) is 17.2 Å². The van der Waals surface area contributed by atoms with E-state index in [1.54, 1.807) is 11.0 Å².